The molecule has 156 valence electrons. The van der Waals surface area contributed by atoms with Crippen molar-refractivity contribution in [3.63, 3.8) is 0 Å². The van der Waals surface area contributed by atoms with Gasteiger partial charge < -0.3 is 9.84 Å². The van der Waals surface area contributed by atoms with E-state index in [1.807, 2.05) is 31.2 Å². The number of carbonyl (C=O) groups excluding carboxylic acids is 1. The summed E-state index contributed by atoms with van der Waals surface area (Å²) in [6.07, 6.45) is 1.63. The van der Waals surface area contributed by atoms with Crippen LogP contribution in [-0.2, 0) is 11.3 Å². The number of rotatable bonds is 5. The second kappa shape index (κ2) is 9.45. The second-order valence-electron chi connectivity index (χ2n) is 7.52. The van der Waals surface area contributed by atoms with Crippen molar-refractivity contribution in [2.75, 3.05) is 18.4 Å². The first-order valence-corrected chi connectivity index (χ1v) is 11.3. The van der Waals surface area contributed by atoms with Crippen molar-refractivity contribution < 1.29 is 9.32 Å². The minimum absolute atomic E-state index is 0.0206. The highest BCUT2D eigenvalue weighted by Crippen LogP contribution is 2.24. The molecule has 0 spiro atoms. The fourth-order valence-corrected chi connectivity index (χ4v) is 4.35. The molecule has 3 aromatic rings. The lowest BCUT2D eigenvalue weighted by Gasteiger charge is -2.30. The van der Waals surface area contributed by atoms with Crippen LogP contribution in [0.3, 0.4) is 0 Å². The van der Waals surface area contributed by atoms with E-state index in [4.69, 9.17) is 16.1 Å². The zero-order chi connectivity index (χ0) is 21.1. The molecule has 1 aromatic heterocycles. The van der Waals surface area contributed by atoms with Crippen LogP contribution in [0.25, 0.3) is 11.4 Å². The molecule has 0 atom stereocenters. The Balaban J connectivity index is 1.29. The molecule has 6 nitrogen and oxygen atoms in total. The van der Waals surface area contributed by atoms with Crippen LogP contribution in [-0.4, -0.2) is 34.0 Å². The molecule has 0 aliphatic carbocycles. The van der Waals surface area contributed by atoms with E-state index in [0.717, 1.165) is 46.3 Å². The zero-order valence-corrected chi connectivity index (χ0v) is 19.5. The van der Waals surface area contributed by atoms with Crippen LogP contribution in [0.15, 0.2) is 47.0 Å². The Hall–Kier alpha value is -1.97. The average molecular weight is 537 g/mol. The number of aromatic nitrogens is 2. The predicted molar refractivity (Wildman–Crippen MR) is 125 cm³/mol. The van der Waals surface area contributed by atoms with Crippen molar-refractivity contribution in [1.82, 2.24) is 15.0 Å². The molecule has 1 N–H and O–H groups in total. The number of hydrogen-bond acceptors (Lipinski definition) is 5. The second-order valence-corrected chi connectivity index (χ2v) is 9.20. The first kappa shape index (κ1) is 21.3. The van der Waals surface area contributed by atoms with E-state index < -0.39 is 0 Å². The van der Waals surface area contributed by atoms with Crippen LogP contribution in [0.4, 0.5) is 5.69 Å². The topological polar surface area (TPSA) is 71.3 Å². The van der Waals surface area contributed by atoms with E-state index in [2.05, 4.69) is 49.0 Å². The van der Waals surface area contributed by atoms with Gasteiger partial charge in [0.1, 0.15) is 0 Å². The third kappa shape index (κ3) is 5.19. The Morgan fingerprint density at radius 2 is 1.97 bits per heavy atom. The van der Waals surface area contributed by atoms with Gasteiger partial charge in [-0.05, 0) is 103 Å². The molecule has 0 saturated carbocycles. The quantitative estimate of drug-likeness (QED) is 0.457. The van der Waals surface area contributed by atoms with Gasteiger partial charge in [-0.2, -0.15) is 4.98 Å². The van der Waals surface area contributed by atoms with Gasteiger partial charge in [-0.1, -0.05) is 16.8 Å². The van der Waals surface area contributed by atoms with Crippen molar-refractivity contribution in [1.29, 1.82) is 0 Å². The summed E-state index contributed by atoms with van der Waals surface area (Å²) in [6.45, 7) is 4.25. The Labute approximate surface area is 194 Å². The third-order valence-electron chi connectivity index (χ3n) is 5.33. The van der Waals surface area contributed by atoms with Gasteiger partial charge in [0.05, 0.1) is 6.54 Å². The molecule has 1 aliphatic heterocycles. The number of likely N-dealkylation sites (tertiary alicyclic amines) is 1. The molecule has 0 radical (unpaired) electrons. The summed E-state index contributed by atoms with van der Waals surface area (Å²) in [7, 11) is 0. The highest BCUT2D eigenvalue weighted by Gasteiger charge is 2.26. The molecule has 4 rings (SSSR count). The maximum atomic E-state index is 12.7. The van der Waals surface area contributed by atoms with Crippen LogP contribution < -0.4 is 5.32 Å². The van der Waals surface area contributed by atoms with Gasteiger partial charge in [-0.15, -0.1) is 0 Å². The van der Waals surface area contributed by atoms with Crippen molar-refractivity contribution in [3.8, 4) is 11.4 Å². The Morgan fingerprint density at radius 1 is 1.23 bits per heavy atom. The number of nitrogens with zero attached hydrogens (tertiary/aromatic N) is 3. The molecule has 2 heterocycles. The first-order valence-electron chi connectivity index (χ1n) is 9.86. The van der Waals surface area contributed by atoms with E-state index in [0.29, 0.717) is 23.3 Å². The lowest BCUT2D eigenvalue weighted by atomic mass is 9.95. The normalized spacial score (nSPS) is 15.3. The maximum absolute atomic E-state index is 12.7. The number of piperidine rings is 1. The standard InChI is InChI=1S/C22H22ClIN4O2/c1-14-12-18(24)6-7-19(14)25-22(29)16-8-10-28(11-9-16)13-20-26-21(27-30-20)15-2-4-17(23)5-3-15/h2-7,12,16H,8-11,13H2,1H3,(H,25,29). The highest BCUT2D eigenvalue weighted by molar-refractivity contribution is 14.1. The number of carbonyl (C=O) groups is 1. The Morgan fingerprint density at radius 3 is 2.67 bits per heavy atom. The predicted octanol–water partition coefficient (Wildman–Crippen LogP) is 5.15. The average Bonchev–Trinajstić information content (AvgIpc) is 3.19. The lowest BCUT2D eigenvalue weighted by molar-refractivity contribution is -0.121. The highest BCUT2D eigenvalue weighted by atomic mass is 127. The van der Waals surface area contributed by atoms with E-state index in [-0.39, 0.29) is 11.8 Å². The van der Waals surface area contributed by atoms with E-state index in [9.17, 15) is 4.79 Å². The van der Waals surface area contributed by atoms with Crippen LogP contribution in [0.2, 0.25) is 5.02 Å². The molecular weight excluding hydrogens is 515 g/mol. The SMILES string of the molecule is Cc1cc(I)ccc1NC(=O)C1CCN(Cc2nc(-c3ccc(Cl)cc3)no2)CC1. The van der Waals surface area contributed by atoms with Crippen molar-refractivity contribution >= 4 is 45.8 Å². The number of halogens is 2. The molecule has 8 heteroatoms. The maximum Gasteiger partial charge on any atom is 0.241 e. The summed E-state index contributed by atoms with van der Waals surface area (Å²) in [4.78, 5) is 19.4. The minimum Gasteiger partial charge on any atom is -0.338 e. The molecular formula is C22H22ClIN4O2. The molecule has 1 aliphatic rings. The van der Waals surface area contributed by atoms with Gasteiger partial charge in [0, 0.05) is 25.8 Å². The summed E-state index contributed by atoms with van der Waals surface area (Å²) in [6, 6.07) is 13.4. The molecule has 30 heavy (non-hydrogen) atoms. The van der Waals surface area contributed by atoms with Crippen LogP contribution in [0.5, 0.6) is 0 Å². The van der Waals surface area contributed by atoms with Crippen molar-refractivity contribution in [2.45, 2.75) is 26.3 Å². The summed E-state index contributed by atoms with van der Waals surface area (Å²) >= 11 is 8.20. The number of anilines is 1. The largest absolute Gasteiger partial charge is 0.338 e. The lowest BCUT2D eigenvalue weighted by Crippen LogP contribution is -2.37. The van der Waals surface area contributed by atoms with Gasteiger partial charge in [-0.3, -0.25) is 9.69 Å². The molecule has 0 bridgehead atoms. The Kier molecular flexibility index (Phi) is 6.70. The summed E-state index contributed by atoms with van der Waals surface area (Å²) < 4.78 is 6.58. The molecule has 0 unspecified atom stereocenters. The zero-order valence-electron chi connectivity index (χ0n) is 16.6. The fourth-order valence-electron chi connectivity index (χ4n) is 3.58. The Bertz CT molecular complexity index is 1030. The number of hydrogen-bond donors (Lipinski definition) is 1. The van der Waals surface area contributed by atoms with E-state index in [1.165, 1.54) is 0 Å². The fraction of sp³-hybridized carbons (Fsp3) is 0.318. The number of aryl methyl sites for hydroxylation is 1. The molecule has 2 aromatic carbocycles. The molecule has 1 amide bonds. The van der Waals surface area contributed by atoms with Crippen LogP contribution in [0, 0.1) is 16.4 Å². The van der Waals surface area contributed by atoms with E-state index >= 15 is 0 Å². The summed E-state index contributed by atoms with van der Waals surface area (Å²) in [5.74, 6) is 1.26. The third-order valence-corrected chi connectivity index (χ3v) is 6.26. The van der Waals surface area contributed by atoms with E-state index in [1.54, 1.807) is 12.1 Å². The van der Waals surface area contributed by atoms with Crippen molar-refractivity contribution in [2.24, 2.45) is 5.92 Å². The monoisotopic (exact) mass is 536 g/mol. The number of nitrogens with one attached hydrogen (secondary N) is 1. The van der Waals surface area contributed by atoms with Crippen LogP contribution in [0.1, 0.15) is 24.3 Å². The van der Waals surface area contributed by atoms with Gasteiger partial charge in [-0.25, -0.2) is 0 Å². The smallest absolute Gasteiger partial charge is 0.241 e. The number of benzene rings is 2. The van der Waals surface area contributed by atoms with Gasteiger partial charge in [0.2, 0.25) is 17.6 Å². The number of amides is 1. The minimum atomic E-state index is 0.0206. The van der Waals surface area contributed by atoms with Crippen LogP contribution >= 0.6 is 34.2 Å². The summed E-state index contributed by atoms with van der Waals surface area (Å²) in [5, 5.41) is 7.82. The first-order chi connectivity index (χ1) is 14.5. The van der Waals surface area contributed by atoms with Gasteiger partial charge in [0.25, 0.3) is 0 Å². The van der Waals surface area contributed by atoms with Gasteiger partial charge >= 0.3 is 0 Å². The molecule has 1 saturated heterocycles. The molecule has 1 fully saturated rings. The summed E-state index contributed by atoms with van der Waals surface area (Å²) in [5.41, 5.74) is 2.85. The van der Waals surface area contributed by atoms with Gasteiger partial charge in [0.15, 0.2) is 0 Å². The van der Waals surface area contributed by atoms with Crippen molar-refractivity contribution in [3.05, 3.63) is 62.5 Å².